The quantitative estimate of drug-likeness (QED) is 0.356. The van der Waals surface area contributed by atoms with Crippen molar-refractivity contribution in [3.05, 3.63) is 0 Å². The monoisotopic (exact) mass is 190 g/mol. The summed E-state index contributed by atoms with van der Waals surface area (Å²) in [6.45, 7) is 4.25. The van der Waals surface area contributed by atoms with Crippen molar-refractivity contribution in [3.63, 3.8) is 0 Å². The molecule has 72 valence electrons. The lowest BCUT2D eigenvalue weighted by molar-refractivity contribution is 0.356. The maximum absolute atomic E-state index is 5.88. The van der Waals surface area contributed by atoms with Crippen LogP contribution in [0.2, 0.25) is 0 Å². The highest BCUT2D eigenvalue weighted by molar-refractivity contribution is 6.21. The fourth-order valence-corrected chi connectivity index (χ4v) is 1.79. The van der Waals surface area contributed by atoms with Crippen molar-refractivity contribution in [1.82, 2.24) is 0 Å². The van der Waals surface area contributed by atoms with Crippen LogP contribution in [-0.4, -0.2) is 17.6 Å². The molecule has 0 aliphatic carbocycles. The third-order valence-corrected chi connectivity index (χ3v) is 2.66. The van der Waals surface area contributed by atoms with Crippen molar-refractivity contribution in [2.75, 3.05) is 0 Å². The fraction of sp³-hybridized carbons (Fsp3) is 1.00. The third kappa shape index (κ3) is 3.32. The Morgan fingerprint density at radius 1 is 1.33 bits per heavy atom. The number of unbranched alkanes of at least 4 members (excludes halogenated alkanes) is 3. The van der Waals surface area contributed by atoms with Gasteiger partial charge in [0.05, 0.1) is 11.5 Å². The van der Waals surface area contributed by atoms with Crippen LogP contribution < -0.4 is 0 Å². The third-order valence-electron chi connectivity index (χ3n) is 2.42. The molecule has 2 heteroatoms. The molecule has 0 aromatic carbocycles. The molecule has 1 heterocycles. The van der Waals surface area contributed by atoms with Gasteiger partial charge in [-0.05, 0) is 13.3 Å². The standard InChI is InChI=1S/C10H19ClO/c1-3-4-5-6-7-9-10(12-9)8(2)11/h8-10H,3-7H2,1-2H3. The molecule has 1 rings (SSSR count). The second kappa shape index (κ2) is 5.08. The van der Waals surface area contributed by atoms with E-state index in [1.807, 2.05) is 6.92 Å². The number of alkyl halides is 1. The van der Waals surface area contributed by atoms with Crippen LogP contribution in [0.5, 0.6) is 0 Å². The summed E-state index contributed by atoms with van der Waals surface area (Å²) in [5.41, 5.74) is 0. The molecule has 1 fully saturated rings. The van der Waals surface area contributed by atoms with Gasteiger partial charge in [-0.15, -0.1) is 11.6 Å². The lowest BCUT2D eigenvalue weighted by Crippen LogP contribution is -2.05. The van der Waals surface area contributed by atoms with Crippen molar-refractivity contribution in [2.45, 2.75) is 63.5 Å². The highest BCUT2D eigenvalue weighted by Gasteiger charge is 2.41. The normalized spacial score (nSPS) is 30.2. The largest absolute Gasteiger partial charge is 0.368 e. The average molecular weight is 191 g/mol. The molecule has 0 aromatic heterocycles. The first-order valence-electron chi connectivity index (χ1n) is 5.05. The van der Waals surface area contributed by atoms with E-state index < -0.39 is 0 Å². The number of halogens is 1. The second-order valence-corrected chi connectivity index (χ2v) is 4.35. The molecule has 0 saturated carbocycles. The summed E-state index contributed by atoms with van der Waals surface area (Å²) in [4.78, 5) is 0. The second-order valence-electron chi connectivity index (χ2n) is 3.67. The maximum atomic E-state index is 5.88. The first-order chi connectivity index (χ1) is 5.75. The van der Waals surface area contributed by atoms with Gasteiger partial charge in [0, 0.05) is 0 Å². The Hall–Kier alpha value is 0.250. The van der Waals surface area contributed by atoms with Gasteiger partial charge in [0.1, 0.15) is 6.10 Å². The van der Waals surface area contributed by atoms with Gasteiger partial charge in [0.25, 0.3) is 0 Å². The molecule has 0 amide bonds. The van der Waals surface area contributed by atoms with Crippen LogP contribution in [-0.2, 0) is 4.74 Å². The lowest BCUT2D eigenvalue weighted by atomic mass is 10.1. The summed E-state index contributed by atoms with van der Waals surface area (Å²) >= 11 is 5.88. The summed E-state index contributed by atoms with van der Waals surface area (Å²) in [5.74, 6) is 0. The fourth-order valence-electron chi connectivity index (χ4n) is 1.57. The number of hydrogen-bond acceptors (Lipinski definition) is 1. The van der Waals surface area contributed by atoms with Gasteiger partial charge in [0.15, 0.2) is 0 Å². The van der Waals surface area contributed by atoms with E-state index in [0.29, 0.717) is 12.2 Å². The Morgan fingerprint density at radius 3 is 2.58 bits per heavy atom. The molecule has 1 aliphatic rings. The molecule has 0 radical (unpaired) electrons. The van der Waals surface area contributed by atoms with Crippen molar-refractivity contribution < 1.29 is 4.74 Å². The number of epoxide rings is 1. The number of rotatable bonds is 6. The van der Waals surface area contributed by atoms with E-state index in [1.54, 1.807) is 0 Å². The van der Waals surface area contributed by atoms with Crippen LogP contribution in [0.15, 0.2) is 0 Å². The van der Waals surface area contributed by atoms with Gasteiger partial charge < -0.3 is 4.74 Å². The minimum absolute atomic E-state index is 0.196. The molecule has 0 aromatic rings. The van der Waals surface area contributed by atoms with Crippen LogP contribution in [0, 0.1) is 0 Å². The Morgan fingerprint density at radius 2 is 2.08 bits per heavy atom. The van der Waals surface area contributed by atoms with Gasteiger partial charge in [-0.2, -0.15) is 0 Å². The van der Waals surface area contributed by atoms with E-state index in [2.05, 4.69) is 6.92 Å². The van der Waals surface area contributed by atoms with Crippen molar-refractivity contribution in [1.29, 1.82) is 0 Å². The topological polar surface area (TPSA) is 12.5 Å². The molecular formula is C10H19ClO. The summed E-state index contributed by atoms with van der Waals surface area (Å²) < 4.78 is 5.43. The summed E-state index contributed by atoms with van der Waals surface area (Å²) in [7, 11) is 0. The van der Waals surface area contributed by atoms with Gasteiger partial charge in [-0.1, -0.05) is 32.6 Å². The van der Waals surface area contributed by atoms with E-state index in [1.165, 1.54) is 32.1 Å². The summed E-state index contributed by atoms with van der Waals surface area (Å²) in [5, 5.41) is 0.196. The Bertz CT molecular complexity index is 125. The SMILES string of the molecule is CCCCCCC1OC1C(C)Cl. The van der Waals surface area contributed by atoms with Crippen molar-refractivity contribution in [3.8, 4) is 0 Å². The zero-order chi connectivity index (χ0) is 8.97. The maximum Gasteiger partial charge on any atom is 0.100 e. The first-order valence-corrected chi connectivity index (χ1v) is 5.49. The number of hydrogen-bond donors (Lipinski definition) is 0. The van der Waals surface area contributed by atoms with Gasteiger partial charge in [0.2, 0.25) is 0 Å². The molecule has 1 saturated heterocycles. The van der Waals surface area contributed by atoms with Gasteiger partial charge in [-0.25, -0.2) is 0 Å². The smallest absolute Gasteiger partial charge is 0.100 e. The van der Waals surface area contributed by atoms with Crippen LogP contribution in [0.3, 0.4) is 0 Å². The van der Waals surface area contributed by atoms with E-state index in [-0.39, 0.29) is 5.38 Å². The van der Waals surface area contributed by atoms with Gasteiger partial charge >= 0.3 is 0 Å². The van der Waals surface area contributed by atoms with Crippen molar-refractivity contribution >= 4 is 11.6 Å². The molecular weight excluding hydrogens is 172 g/mol. The highest BCUT2D eigenvalue weighted by atomic mass is 35.5. The zero-order valence-corrected chi connectivity index (χ0v) is 8.81. The van der Waals surface area contributed by atoms with E-state index in [4.69, 9.17) is 16.3 Å². The van der Waals surface area contributed by atoms with Crippen LogP contribution >= 0.6 is 11.6 Å². The van der Waals surface area contributed by atoms with E-state index in [9.17, 15) is 0 Å². The zero-order valence-electron chi connectivity index (χ0n) is 8.05. The average Bonchev–Trinajstić information content (AvgIpc) is 2.77. The molecule has 1 nitrogen and oxygen atoms in total. The van der Waals surface area contributed by atoms with E-state index in [0.717, 1.165) is 0 Å². The Balaban J connectivity index is 1.90. The van der Waals surface area contributed by atoms with Crippen LogP contribution in [0.1, 0.15) is 46.0 Å². The predicted octanol–water partition coefficient (Wildman–Crippen LogP) is 3.35. The molecule has 0 N–H and O–H groups in total. The lowest BCUT2D eigenvalue weighted by Gasteiger charge is -1.97. The molecule has 3 atom stereocenters. The minimum Gasteiger partial charge on any atom is -0.368 e. The summed E-state index contributed by atoms with van der Waals surface area (Å²) in [6, 6.07) is 0. The van der Waals surface area contributed by atoms with Crippen LogP contribution in [0.4, 0.5) is 0 Å². The molecule has 3 unspecified atom stereocenters. The number of ether oxygens (including phenoxy) is 1. The predicted molar refractivity (Wildman–Crippen MR) is 52.7 cm³/mol. The molecule has 12 heavy (non-hydrogen) atoms. The first kappa shape index (κ1) is 10.3. The van der Waals surface area contributed by atoms with Crippen LogP contribution in [0.25, 0.3) is 0 Å². The summed E-state index contributed by atoms with van der Waals surface area (Å²) in [6.07, 6.45) is 7.36. The molecule has 0 spiro atoms. The van der Waals surface area contributed by atoms with E-state index >= 15 is 0 Å². The minimum atomic E-state index is 0.196. The van der Waals surface area contributed by atoms with Crippen molar-refractivity contribution in [2.24, 2.45) is 0 Å². The molecule has 1 aliphatic heterocycles. The van der Waals surface area contributed by atoms with Gasteiger partial charge in [-0.3, -0.25) is 0 Å². The molecule has 0 bridgehead atoms. The Kier molecular flexibility index (Phi) is 4.38. The highest BCUT2D eigenvalue weighted by Crippen LogP contribution is 2.32. The Labute approximate surface area is 80.4 Å².